The van der Waals surface area contributed by atoms with Crippen LogP contribution in [0.3, 0.4) is 0 Å². The maximum Gasteiger partial charge on any atom is 0.226 e. The molecule has 4 heteroatoms. The molecule has 1 amide bonds. The van der Waals surface area contributed by atoms with Crippen molar-refractivity contribution in [3.63, 3.8) is 0 Å². The molecule has 1 heterocycles. The van der Waals surface area contributed by atoms with Gasteiger partial charge >= 0.3 is 0 Å². The molecular formula is C17H25NO3. The molecule has 1 unspecified atom stereocenters. The van der Waals surface area contributed by atoms with Gasteiger partial charge in [0.25, 0.3) is 0 Å². The van der Waals surface area contributed by atoms with E-state index in [-0.39, 0.29) is 5.91 Å². The van der Waals surface area contributed by atoms with E-state index in [1.807, 2.05) is 26.0 Å². The Morgan fingerprint density at radius 3 is 2.86 bits per heavy atom. The monoisotopic (exact) mass is 291 g/mol. The van der Waals surface area contributed by atoms with Crippen LogP contribution in [0.25, 0.3) is 0 Å². The van der Waals surface area contributed by atoms with Crippen molar-refractivity contribution in [2.45, 2.75) is 45.6 Å². The number of likely N-dealkylation sites (tertiary alicyclic amines) is 1. The number of aliphatic hydroxyl groups is 1. The third-order valence-corrected chi connectivity index (χ3v) is 3.93. The Hall–Kier alpha value is -1.55. The summed E-state index contributed by atoms with van der Waals surface area (Å²) in [7, 11) is 0. The Balaban J connectivity index is 1.81. The molecule has 1 N–H and O–H groups in total. The van der Waals surface area contributed by atoms with Gasteiger partial charge in [-0.2, -0.15) is 0 Å². The molecule has 4 nitrogen and oxygen atoms in total. The molecule has 1 aromatic carbocycles. The van der Waals surface area contributed by atoms with Gasteiger partial charge in [-0.05, 0) is 45.2 Å². The molecule has 0 bridgehead atoms. The first-order chi connectivity index (χ1) is 9.87. The fraction of sp³-hybridized carbons (Fsp3) is 0.588. The Bertz CT molecular complexity index is 511. The number of amides is 1. The molecular weight excluding hydrogens is 266 g/mol. The average molecular weight is 291 g/mol. The van der Waals surface area contributed by atoms with E-state index in [1.165, 1.54) is 5.56 Å². The minimum Gasteiger partial charge on any atom is -0.493 e. The molecule has 1 aliphatic rings. The van der Waals surface area contributed by atoms with Crippen LogP contribution in [-0.4, -0.2) is 41.2 Å². The standard InChI is InChI=1S/C17H25NO3/c1-13-5-6-15(14(2)11-13)21-10-7-16(19)18-9-4-8-17(3,20)12-18/h5-6,11,20H,4,7-10,12H2,1-3H3. The number of ether oxygens (including phenoxy) is 1. The Labute approximate surface area is 126 Å². The van der Waals surface area contributed by atoms with Crippen LogP contribution in [0, 0.1) is 13.8 Å². The predicted molar refractivity (Wildman–Crippen MR) is 82.5 cm³/mol. The molecule has 1 saturated heterocycles. The second-order valence-corrected chi connectivity index (χ2v) is 6.28. The topological polar surface area (TPSA) is 49.8 Å². The molecule has 0 radical (unpaired) electrons. The molecule has 2 rings (SSSR count). The molecule has 0 aliphatic carbocycles. The van der Waals surface area contributed by atoms with Crippen molar-refractivity contribution in [3.8, 4) is 5.75 Å². The fourth-order valence-electron chi connectivity index (χ4n) is 2.80. The van der Waals surface area contributed by atoms with Crippen LogP contribution in [-0.2, 0) is 4.79 Å². The van der Waals surface area contributed by atoms with Crippen LogP contribution in [0.15, 0.2) is 18.2 Å². The summed E-state index contributed by atoms with van der Waals surface area (Å²) in [6, 6.07) is 6.02. The van der Waals surface area contributed by atoms with Crippen molar-refractivity contribution in [2.24, 2.45) is 0 Å². The molecule has 116 valence electrons. The number of piperidine rings is 1. The molecule has 1 aromatic rings. The van der Waals surface area contributed by atoms with E-state index in [2.05, 4.69) is 6.07 Å². The fourth-order valence-corrected chi connectivity index (χ4v) is 2.80. The zero-order valence-corrected chi connectivity index (χ0v) is 13.2. The maximum atomic E-state index is 12.1. The van der Waals surface area contributed by atoms with Gasteiger partial charge in [-0.1, -0.05) is 17.7 Å². The summed E-state index contributed by atoms with van der Waals surface area (Å²) in [4.78, 5) is 13.9. The third-order valence-electron chi connectivity index (χ3n) is 3.93. The lowest BCUT2D eigenvalue weighted by atomic mass is 9.95. The highest BCUT2D eigenvalue weighted by molar-refractivity contribution is 5.76. The van der Waals surface area contributed by atoms with Crippen LogP contribution in [0.1, 0.15) is 37.3 Å². The number of hydrogen-bond acceptors (Lipinski definition) is 3. The SMILES string of the molecule is Cc1ccc(OCCC(=O)N2CCCC(C)(O)C2)c(C)c1. The van der Waals surface area contributed by atoms with Gasteiger partial charge in [0.2, 0.25) is 5.91 Å². The van der Waals surface area contributed by atoms with Crippen LogP contribution in [0.5, 0.6) is 5.75 Å². The van der Waals surface area contributed by atoms with Gasteiger partial charge in [0.15, 0.2) is 0 Å². The Kier molecular flexibility index (Phi) is 4.88. The first kappa shape index (κ1) is 15.8. The summed E-state index contributed by atoms with van der Waals surface area (Å²) in [5, 5.41) is 10.0. The number of aryl methyl sites for hydroxylation is 2. The smallest absolute Gasteiger partial charge is 0.226 e. The van der Waals surface area contributed by atoms with E-state index in [4.69, 9.17) is 4.74 Å². The highest BCUT2D eigenvalue weighted by Gasteiger charge is 2.30. The van der Waals surface area contributed by atoms with Crippen LogP contribution in [0.4, 0.5) is 0 Å². The van der Waals surface area contributed by atoms with Crippen LogP contribution >= 0.6 is 0 Å². The minimum atomic E-state index is -0.748. The zero-order chi connectivity index (χ0) is 15.5. The highest BCUT2D eigenvalue weighted by Crippen LogP contribution is 2.21. The van der Waals surface area contributed by atoms with E-state index >= 15 is 0 Å². The molecule has 21 heavy (non-hydrogen) atoms. The number of β-amino-alcohol motifs (C(OH)–C–C–N with tert-alkyl or cyclic N) is 1. The van der Waals surface area contributed by atoms with Crippen molar-refractivity contribution in [2.75, 3.05) is 19.7 Å². The molecule has 1 aliphatic heterocycles. The van der Waals surface area contributed by atoms with Crippen molar-refractivity contribution >= 4 is 5.91 Å². The lowest BCUT2D eigenvalue weighted by Crippen LogP contribution is -2.48. The maximum absolute atomic E-state index is 12.1. The van der Waals surface area contributed by atoms with Crippen molar-refractivity contribution in [1.29, 1.82) is 0 Å². The average Bonchev–Trinajstić information content (AvgIpc) is 2.40. The summed E-state index contributed by atoms with van der Waals surface area (Å²) >= 11 is 0. The van der Waals surface area contributed by atoms with Crippen molar-refractivity contribution in [1.82, 2.24) is 4.90 Å². The number of nitrogens with zero attached hydrogens (tertiary/aromatic N) is 1. The largest absolute Gasteiger partial charge is 0.493 e. The van der Waals surface area contributed by atoms with Gasteiger partial charge in [0.05, 0.1) is 18.6 Å². The quantitative estimate of drug-likeness (QED) is 0.927. The number of benzene rings is 1. The van der Waals surface area contributed by atoms with Gasteiger partial charge in [-0.15, -0.1) is 0 Å². The lowest BCUT2D eigenvalue weighted by Gasteiger charge is -2.36. The highest BCUT2D eigenvalue weighted by atomic mass is 16.5. The second kappa shape index (κ2) is 6.48. The summed E-state index contributed by atoms with van der Waals surface area (Å²) in [5.74, 6) is 0.888. The van der Waals surface area contributed by atoms with Crippen LogP contribution in [0.2, 0.25) is 0 Å². The van der Waals surface area contributed by atoms with E-state index in [1.54, 1.807) is 11.8 Å². The Morgan fingerprint density at radius 2 is 2.19 bits per heavy atom. The predicted octanol–water partition coefficient (Wildman–Crippen LogP) is 2.45. The number of carbonyl (C=O) groups is 1. The third kappa shape index (κ3) is 4.46. The molecule has 0 spiro atoms. The van der Waals surface area contributed by atoms with E-state index in [0.717, 1.165) is 30.7 Å². The van der Waals surface area contributed by atoms with E-state index in [0.29, 0.717) is 19.6 Å². The second-order valence-electron chi connectivity index (χ2n) is 6.28. The van der Waals surface area contributed by atoms with Gasteiger partial charge in [0, 0.05) is 13.1 Å². The first-order valence-corrected chi connectivity index (χ1v) is 7.58. The van der Waals surface area contributed by atoms with Gasteiger partial charge in [0.1, 0.15) is 5.75 Å². The zero-order valence-electron chi connectivity index (χ0n) is 13.2. The van der Waals surface area contributed by atoms with Gasteiger partial charge in [-0.3, -0.25) is 4.79 Å². The molecule has 1 fully saturated rings. The molecule has 1 atom stereocenters. The van der Waals surface area contributed by atoms with Crippen LogP contribution < -0.4 is 4.74 Å². The Morgan fingerprint density at radius 1 is 1.43 bits per heavy atom. The van der Waals surface area contributed by atoms with E-state index < -0.39 is 5.60 Å². The summed E-state index contributed by atoms with van der Waals surface area (Å²) < 4.78 is 5.70. The summed E-state index contributed by atoms with van der Waals surface area (Å²) in [6.45, 7) is 7.38. The van der Waals surface area contributed by atoms with E-state index in [9.17, 15) is 9.90 Å². The van der Waals surface area contributed by atoms with Gasteiger partial charge < -0.3 is 14.7 Å². The number of rotatable bonds is 4. The normalized spacial score (nSPS) is 22.2. The van der Waals surface area contributed by atoms with Crippen molar-refractivity contribution in [3.05, 3.63) is 29.3 Å². The van der Waals surface area contributed by atoms with Gasteiger partial charge in [-0.25, -0.2) is 0 Å². The first-order valence-electron chi connectivity index (χ1n) is 7.58. The molecule has 0 saturated carbocycles. The minimum absolute atomic E-state index is 0.0553. The summed E-state index contributed by atoms with van der Waals surface area (Å²) in [5.41, 5.74) is 1.54. The lowest BCUT2D eigenvalue weighted by molar-refractivity contribution is -0.138. The number of carbonyl (C=O) groups excluding carboxylic acids is 1. The summed E-state index contributed by atoms with van der Waals surface area (Å²) in [6.07, 6.45) is 1.97. The number of hydrogen-bond donors (Lipinski definition) is 1. The molecule has 0 aromatic heterocycles. The van der Waals surface area contributed by atoms with Crippen molar-refractivity contribution < 1.29 is 14.6 Å².